The summed E-state index contributed by atoms with van der Waals surface area (Å²) < 4.78 is 4.50. The maximum Gasteiger partial charge on any atom is 0.305 e. The summed E-state index contributed by atoms with van der Waals surface area (Å²) >= 11 is 0. The van der Waals surface area contributed by atoms with Crippen LogP contribution in [0.5, 0.6) is 0 Å². The summed E-state index contributed by atoms with van der Waals surface area (Å²) in [5.74, 6) is -0.151. The Morgan fingerprint density at radius 1 is 1.23 bits per heavy atom. The molecule has 74 valence electrons. The van der Waals surface area contributed by atoms with Gasteiger partial charge in [-0.15, -0.1) is 0 Å². The van der Waals surface area contributed by atoms with Crippen molar-refractivity contribution in [3.05, 3.63) is 24.3 Å². The molecule has 2 nitrogen and oxygen atoms in total. The van der Waals surface area contributed by atoms with E-state index in [2.05, 4.69) is 17.7 Å². The first-order chi connectivity index (χ1) is 6.31. The van der Waals surface area contributed by atoms with Crippen molar-refractivity contribution in [1.29, 1.82) is 0 Å². The Morgan fingerprint density at radius 2 is 1.85 bits per heavy atom. The average Bonchev–Trinajstić information content (AvgIpc) is 2.16. The summed E-state index contributed by atoms with van der Waals surface area (Å²) in [5, 5.41) is 0. The van der Waals surface area contributed by atoms with Crippen molar-refractivity contribution in [2.75, 3.05) is 7.11 Å². The lowest BCUT2D eigenvalue weighted by atomic mass is 10.2. The molecule has 0 aliphatic rings. The fraction of sp³-hybridized carbons (Fsp3) is 0.545. The number of carbonyl (C=O) groups is 1. The van der Waals surface area contributed by atoms with Crippen molar-refractivity contribution in [2.45, 2.75) is 32.6 Å². The van der Waals surface area contributed by atoms with Gasteiger partial charge in [0, 0.05) is 6.42 Å². The van der Waals surface area contributed by atoms with Crippen LogP contribution in [0.2, 0.25) is 0 Å². The van der Waals surface area contributed by atoms with Gasteiger partial charge in [0.15, 0.2) is 0 Å². The molecule has 0 radical (unpaired) electrons. The molecule has 0 aromatic carbocycles. The molecule has 0 unspecified atom stereocenters. The Hall–Kier alpha value is -1.05. The van der Waals surface area contributed by atoms with E-state index in [4.69, 9.17) is 0 Å². The smallest absolute Gasteiger partial charge is 0.305 e. The molecule has 0 bridgehead atoms. The molecule has 0 aliphatic carbocycles. The maximum absolute atomic E-state index is 10.7. The number of ether oxygens (including phenoxy) is 1. The van der Waals surface area contributed by atoms with E-state index in [0.29, 0.717) is 6.42 Å². The summed E-state index contributed by atoms with van der Waals surface area (Å²) in [7, 11) is 1.41. The van der Waals surface area contributed by atoms with E-state index in [1.54, 1.807) is 0 Å². The van der Waals surface area contributed by atoms with Gasteiger partial charge in [0.2, 0.25) is 0 Å². The highest BCUT2D eigenvalue weighted by atomic mass is 16.5. The Kier molecular flexibility index (Phi) is 8.31. The molecule has 0 saturated heterocycles. The zero-order valence-electron chi connectivity index (χ0n) is 8.45. The van der Waals surface area contributed by atoms with Gasteiger partial charge in [0.1, 0.15) is 0 Å². The summed E-state index contributed by atoms with van der Waals surface area (Å²) in [6.45, 7) is 2.14. The molecule has 0 rings (SSSR count). The van der Waals surface area contributed by atoms with Gasteiger partial charge in [-0.2, -0.15) is 0 Å². The first-order valence-electron chi connectivity index (χ1n) is 4.69. The lowest BCUT2D eigenvalue weighted by Crippen LogP contribution is -1.97. The van der Waals surface area contributed by atoms with Crippen LogP contribution in [0.1, 0.15) is 32.6 Å². The first kappa shape index (κ1) is 11.9. The van der Waals surface area contributed by atoms with Crippen LogP contribution >= 0.6 is 0 Å². The summed E-state index contributed by atoms with van der Waals surface area (Å²) in [4.78, 5) is 10.7. The van der Waals surface area contributed by atoms with Gasteiger partial charge in [-0.25, -0.2) is 0 Å². The minimum atomic E-state index is -0.151. The van der Waals surface area contributed by atoms with Crippen molar-refractivity contribution in [3.8, 4) is 0 Å². The molecular weight excluding hydrogens is 164 g/mol. The van der Waals surface area contributed by atoms with E-state index >= 15 is 0 Å². The molecule has 0 aromatic heterocycles. The summed E-state index contributed by atoms with van der Waals surface area (Å²) in [6, 6.07) is 0. The monoisotopic (exact) mass is 182 g/mol. The fourth-order valence-electron chi connectivity index (χ4n) is 0.819. The van der Waals surface area contributed by atoms with Crippen LogP contribution in [0.4, 0.5) is 0 Å². The third-order valence-electron chi connectivity index (χ3n) is 1.58. The normalized spacial score (nSPS) is 11.2. The second-order valence-corrected chi connectivity index (χ2v) is 2.76. The van der Waals surface area contributed by atoms with Crippen LogP contribution in [0.3, 0.4) is 0 Å². The largest absolute Gasteiger partial charge is 0.469 e. The fourth-order valence-corrected chi connectivity index (χ4v) is 0.819. The number of esters is 1. The molecule has 0 fully saturated rings. The molecule has 0 aliphatic heterocycles. The van der Waals surface area contributed by atoms with Crippen LogP contribution in [-0.2, 0) is 9.53 Å². The summed E-state index contributed by atoms with van der Waals surface area (Å²) in [6.07, 6.45) is 11.6. The highest BCUT2D eigenvalue weighted by Crippen LogP contribution is 1.94. The molecule has 0 saturated carbocycles. The Morgan fingerprint density at radius 3 is 2.38 bits per heavy atom. The molecule has 0 heterocycles. The van der Waals surface area contributed by atoms with Gasteiger partial charge in [-0.1, -0.05) is 37.6 Å². The van der Waals surface area contributed by atoms with E-state index in [-0.39, 0.29) is 5.97 Å². The number of methoxy groups -OCH3 is 1. The predicted molar refractivity (Wildman–Crippen MR) is 54.4 cm³/mol. The lowest BCUT2D eigenvalue weighted by molar-refractivity contribution is -0.140. The second kappa shape index (κ2) is 9.04. The van der Waals surface area contributed by atoms with Gasteiger partial charge < -0.3 is 4.74 Å². The zero-order valence-corrected chi connectivity index (χ0v) is 8.45. The van der Waals surface area contributed by atoms with Crippen molar-refractivity contribution < 1.29 is 9.53 Å². The van der Waals surface area contributed by atoms with Gasteiger partial charge in [0.05, 0.1) is 7.11 Å². The molecular formula is C11H18O2. The second-order valence-electron chi connectivity index (χ2n) is 2.76. The van der Waals surface area contributed by atoms with Gasteiger partial charge in [-0.3, -0.25) is 4.79 Å². The van der Waals surface area contributed by atoms with Crippen molar-refractivity contribution in [2.24, 2.45) is 0 Å². The van der Waals surface area contributed by atoms with Crippen LogP contribution < -0.4 is 0 Å². The van der Waals surface area contributed by atoms with Gasteiger partial charge >= 0.3 is 5.97 Å². The van der Waals surface area contributed by atoms with E-state index < -0.39 is 0 Å². The van der Waals surface area contributed by atoms with Crippen molar-refractivity contribution in [3.63, 3.8) is 0 Å². The highest BCUT2D eigenvalue weighted by Gasteiger charge is 1.94. The number of hydrogen-bond acceptors (Lipinski definition) is 2. The highest BCUT2D eigenvalue weighted by molar-refractivity contribution is 5.69. The molecule has 0 spiro atoms. The number of hydrogen-bond donors (Lipinski definition) is 0. The third kappa shape index (κ3) is 8.86. The van der Waals surface area contributed by atoms with Crippen LogP contribution in [0, 0.1) is 0 Å². The SMILES string of the molecule is CCC/C=C/C=C/CCC(=O)OC. The minimum absolute atomic E-state index is 0.151. The van der Waals surface area contributed by atoms with Crippen LogP contribution in [0.25, 0.3) is 0 Å². The van der Waals surface area contributed by atoms with Crippen molar-refractivity contribution in [1.82, 2.24) is 0 Å². The number of carbonyl (C=O) groups excluding carboxylic acids is 1. The van der Waals surface area contributed by atoms with Gasteiger partial charge in [0.25, 0.3) is 0 Å². The van der Waals surface area contributed by atoms with E-state index in [9.17, 15) is 4.79 Å². The Bertz CT molecular complexity index is 181. The molecule has 0 aromatic rings. The van der Waals surface area contributed by atoms with E-state index in [0.717, 1.165) is 12.8 Å². The zero-order chi connectivity index (χ0) is 9.94. The van der Waals surface area contributed by atoms with Crippen LogP contribution in [-0.4, -0.2) is 13.1 Å². The number of unbranched alkanes of at least 4 members (excludes halogenated alkanes) is 1. The molecule has 0 amide bonds. The van der Waals surface area contributed by atoms with Crippen molar-refractivity contribution >= 4 is 5.97 Å². The Labute approximate surface area is 80.3 Å². The number of rotatable bonds is 6. The average molecular weight is 182 g/mol. The molecule has 13 heavy (non-hydrogen) atoms. The summed E-state index contributed by atoms with van der Waals surface area (Å²) in [5.41, 5.74) is 0. The van der Waals surface area contributed by atoms with Crippen LogP contribution in [0.15, 0.2) is 24.3 Å². The topological polar surface area (TPSA) is 26.3 Å². The predicted octanol–water partition coefficient (Wildman–Crippen LogP) is 2.85. The standard InChI is InChI=1S/C11H18O2/c1-3-4-5-6-7-8-9-10-11(12)13-2/h5-8H,3-4,9-10H2,1-2H3/b6-5+,8-7+. The minimum Gasteiger partial charge on any atom is -0.469 e. The van der Waals surface area contributed by atoms with E-state index in [1.165, 1.54) is 13.5 Å². The van der Waals surface area contributed by atoms with E-state index in [1.807, 2.05) is 18.2 Å². The Balaban J connectivity index is 3.36. The molecule has 0 atom stereocenters. The quantitative estimate of drug-likeness (QED) is 0.466. The lowest BCUT2D eigenvalue weighted by Gasteiger charge is -1.92. The molecule has 0 N–H and O–H groups in total. The maximum atomic E-state index is 10.7. The first-order valence-corrected chi connectivity index (χ1v) is 4.69. The van der Waals surface area contributed by atoms with Gasteiger partial charge in [-0.05, 0) is 12.8 Å². The molecule has 2 heteroatoms. The third-order valence-corrected chi connectivity index (χ3v) is 1.58. The number of allylic oxidation sites excluding steroid dienone is 4.